The van der Waals surface area contributed by atoms with Crippen LogP contribution in [-0.2, 0) is 16.3 Å². The van der Waals surface area contributed by atoms with Crippen molar-refractivity contribution in [1.29, 1.82) is 0 Å². The van der Waals surface area contributed by atoms with Gasteiger partial charge in [0.2, 0.25) is 0 Å². The second-order valence-electron chi connectivity index (χ2n) is 11.8. The van der Waals surface area contributed by atoms with E-state index in [1.807, 2.05) is 31.3 Å². The smallest absolute Gasteiger partial charge is 0.453 e. The van der Waals surface area contributed by atoms with Crippen LogP contribution in [0.1, 0.15) is 87.3 Å². The van der Waals surface area contributed by atoms with Crippen LogP contribution >= 0.6 is 0 Å². The van der Waals surface area contributed by atoms with Gasteiger partial charge in [0.05, 0.1) is 11.5 Å². The summed E-state index contributed by atoms with van der Waals surface area (Å²) in [5.74, 6) is -5.79. The van der Waals surface area contributed by atoms with E-state index in [2.05, 4.69) is 4.90 Å². The lowest BCUT2D eigenvalue weighted by atomic mass is 9.89. The van der Waals surface area contributed by atoms with Gasteiger partial charge in [-0.1, -0.05) is 31.0 Å². The highest BCUT2D eigenvalue weighted by Gasteiger charge is 2.56. The summed E-state index contributed by atoms with van der Waals surface area (Å²) in [5.41, 5.74) is 5.80. The Balaban J connectivity index is 1.39. The lowest BCUT2D eigenvalue weighted by molar-refractivity contribution is -0.284. The van der Waals surface area contributed by atoms with Crippen LogP contribution in [0.25, 0.3) is 11.1 Å². The summed E-state index contributed by atoms with van der Waals surface area (Å²) in [6.45, 7) is 1.50. The molecule has 0 fully saturated rings. The number of aromatic hydroxyl groups is 1. The molecule has 4 nitrogen and oxygen atoms in total. The van der Waals surface area contributed by atoms with Gasteiger partial charge in [0.15, 0.2) is 0 Å². The third-order valence-electron chi connectivity index (χ3n) is 8.17. The zero-order chi connectivity index (χ0) is 32.4. The number of hydrogen-bond donors (Lipinski definition) is 1. The van der Waals surface area contributed by atoms with Gasteiger partial charge in [0.1, 0.15) is 21.4 Å². The molecule has 44 heavy (non-hydrogen) atoms. The molecule has 0 aromatic heterocycles. The maximum Gasteiger partial charge on any atom is 0.453 e. The maximum absolute atomic E-state index is 13.6. The molecule has 2 aromatic carbocycles. The lowest BCUT2D eigenvalue weighted by Gasteiger charge is -2.19. The first-order valence-electron chi connectivity index (χ1n) is 15.3. The number of rotatable bonds is 17. The van der Waals surface area contributed by atoms with E-state index in [-0.39, 0.29) is 17.3 Å². The number of nitrogens with zero attached hydrogens (tertiary/aromatic N) is 1. The van der Waals surface area contributed by atoms with Gasteiger partial charge >= 0.3 is 12.1 Å². The molecule has 0 bridgehead atoms. The first-order valence-corrected chi connectivity index (χ1v) is 17.1. The summed E-state index contributed by atoms with van der Waals surface area (Å²) in [5, 5.41) is 10.0. The minimum Gasteiger partial charge on any atom is -0.508 e. The van der Waals surface area contributed by atoms with E-state index in [1.54, 1.807) is 6.07 Å². The zero-order valence-corrected chi connectivity index (χ0v) is 26.1. The number of fused-ring (bicyclic) bond motifs is 1. The summed E-state index contributed by atoms with van der Waals surface area (Å²) in [4.78, 5) is 2.11. The van der Waals surface area contributed by atoms with Crippen LogP contribution in [0.5, 0.6) is 5.75 Å². The van der Waals surface area contributed by atoms with E-state index in [1.165, 1.54) is 23.3 Å². The van der Waals surface area contributed by atoms with Gasteiger partial charge in [0, 0.05) is 6.42 Å². The van der Waals surface area contributed by atoms with Crippen molar-refractivity contribution in [2.75, 3.05) is 31.6 Å². The maximum atomic E-state index is 13.6. The first kappa shape index (κ1) is 35.9. The molecule has 0 saturated heterocycles. The first-order chi connectivity index (χ1) is 20.7. The fourth-order valence-corrected chi connectivity index (χ4v) is 7.15. The monoisotopic (exact) mass is 647 g/mol. The molecule has 2 aromatic rings. The number of benzene rings is 2. The summed E-state index contributed by atoms with van der Waals surface area (Å²) in [7, 11) is -1.73. The lowest BCUT2D eigenvalue weighted by Crippen LogP contribution is -2.36. The van der Waals surface area contributed by atoms with E-state index in [0.717, 1.165) is 74.6 Å². The summed E-state index contributed by atoms with van der Waals surface area (Å²) in [6.07, 6.45) is 0.571. The third-order valence-corrected chi connectivity index (χ3v) is 9.99. The van der Waals surface area contributed by atoms with Crippen LogP contribution in [0.15, 0.2) is 42.5 Å². The summed E-state index contributed by atoms with van der Waals surface area (Å²) < 4.78 is 100. The van der Waals surface area contributed by atoms with E-state index < -0.39 is 40.5 Å². The molecule has 246 valence electrons. The molecule has 0 saturated carbocycles. The summed E-state index contributed by atoms with van der Waals surface area (Å²) >= 11 is 0. The van der Waals surface area contributed by atoms with Crippen molar-refractivity contribution in [3.05, 3.63) is 65.0 Å². The number of allylic oxidation sites excluding steroid dienone is 2. The van der Waals surface area contributed by atoms with Gasteiger partial charge in [-0.15, -0.1) is 0 Å². The number of aryl methyl sites for hydroxylation is 1. The fourth-order valence-electron chi connectivity index (χ4n) is 5.72. The molecule has 3 rings (SSSR count). The van der Waals surface area contributed by atoms with Gasteiger partial charge in [-0.05, 0) is 130 Å². The highest BCUT2D eigenvalue weighted by molar-refractivity contribution is 7.91. The van der Waals surface area contributed by atoms with E-state index in [0.29, 0.717) is 19.4 Å². The van der Waals surface area contributed by atoms with Crippen LogP contribution in [0.3, 0.4) is 0 Å². The normalized spacial score (nSPS) is 14.6. The van der Waals surface area contributed by atoms with Gasteiger partial charge in [0.25, 0.3) is 0 Å². The van der Waals surface area contributed by atoms with Crippen molar-refractivity contribution in [3.8, 4) is 5.75 Å². The number of sulfone groups is 1. The minimum absolute atomic E-state index is 0.225. The van der Waals surface area contributed by atoms with E-state index in [9.17, 15) is 39.9 Å². The highest BCUT2D eigenvalue weighted by Crippen LogP contribution is 2.40. The fraction of sp³-hybridized carbons (Fsp3) is 0.576. The molecule has 0 heterocycles. The molecule has 1 N–H and O–H groups in total. The van der Waals surface area contributed by atoms with Crippen LogP contribution < -0.4 is 0 Å². The largest absolute Gasteiger partial charge is 0.508 e. The van der Waals surface area contributed by atoms with Crippen LogP contribution in [-0.4, -0.2) is 62.2 Å². The van der Waals surface area contributed by atoms with Crippen molar-refractivity contribution >= 4 is 21.0 Å². The zero-order valence-electron chi connectivity index (χ0n) is 25.2. The number of hydrogen-bond acceptors (Lipinski definition) is 4. The third kappa shape index (κ3) is 11.1. The second-order valence-corrected chi connectivity index (χ2v) is 14.1. The molecular weight excluding hydrogens is 604 g/mol. The SMILES string of the molecule is CN(CCCCCCC1=C(c2ccc(F)cc2)CCCc2cc(O)ccc21)CCCCS(=O)(=O)CCCC(F)(F)C(F)(F)F. The molecule has 0 unspecified atom stereocenters. The molecule has 1 aliphatic carbocycles. The standard InChI is InChI=1S/C33H43F6NO3S/c1-40(21-6-7-22-44(42,43)23-9-19-32(35,36)33(37,38)39)20-5-3-2-4-11-31-29(25-13-15-27(34)16-14-25)12-8-10-26-24-28(41)17-18-30(26)31/h13-18,24,41H,2-12,19-23H2,1H3. The van der Waals surface area contributed by atoms with Gasteiger partial charge < -0.3 is 10.0 Å². The molecule has 0 radical (unpaired) electrons. The molecule has 0 spiro atoms. The average molecular weight is 648 g/mol. The van der Waals surface area contributed by atoms with Crippen LogP contribution in [0.2, 0.25) is 0 Å². The molecule has 11 heteroatoms. The molecule has 0 amide bonds. The highest BCUT2D eigenvalue weighted by atomic mass is 32.2. The molecule has 0 atom stereocenters. The predicted octanol–water partition coefficient (Wildman–Crippen LogP) is 8.83. The van der Waals surface area contributed by atoms with Crippen molar-refractivity contribution in [1.82, 2.24) is 4.90 Å². The van der Waals surface area contributed by atoms with E-state index >= 15 is 0 Å². The summed E-state index contributed by atoms with van der Waals surface area (Å²) in [6, 6.07) is 12.2. The molecule has 1 aliphatic rings. The Morgan fingerprint density at radius 2 is 1.45 bits per heavy atom. The number of alkyl halides is 5. The van der Waals surface area contributed by atoms with Gasteiger partial charge in [-0.3, -0.25) is 0 Å². The van der Waals surface area contributed by atoms with Crippen molar-refractivity contribution in [2.24, 2.45) is 0 Å². The van der Waals surface area contributed by atoms with Crippen LogP contribution in [0, 0.1) is 5.82 Å². The minimum atomic E-state index is -5.67. The van der Waals surface area contributed by atoms with Crippen LogP contribution in [0.4, 0.5) is 26.3 Å². The molecule has 0 aliphatic heterocycles. The Hall–Kier alpha value is -2.53. The quantitative estimate of drug-likeness (QED) is 0.138. The second kappa shape index (κ2) is 16.2. The van der Waals surface area contributed by atoms with Gasteiger partial charge in [-0.25, -0.2) is 12.8 Å². The Morgan fingerprint density at radius 3 is 2.14 bits per heavy atom. The van der Waals surface area contributed by atoms with Crippen molar-refractivity contribution < 1.29 is 39.9 Å². The Morgan fingerprint density at radius 1 is 0.818 bits per heavy atom. The van der Waals surface area contributed by atoms with Gasteiger partial charge in [-0.2, -0.15) is 22.0 Å². The van der Waals surface area contributed by atoms with Crippen molar-refractivity contribution in [2.45, 2.75) is 89.1 Å². The Labute approximate surface area is 257 Å². The Kier molecular flexibility index (Phi) is 13.2. The number of phenols is 1. The van der Waals surface area contributed by atoms with Crippen molar-refractivity contribution in [3.63, 3.8) is 0 Å². The van der Waals surface area contributed by atoms with E-state index in [4.69, 9.17) is 0 Å². The Bertz CT molecular complexity index is 1340. The number of halogens is 6. The number of unbranched alkanes of at least 4 members (excludes halogenated alkanes) is 4. The predicted molar refractivity (Wildman–Crippen MR) is 163 cm³/mol. The number of phenolic OH excluding ortho intramolecular Hbond substituents is 1. The average Bonchev–Trinajstić information content (AvgIpc) is 3.11. The topological polar surface area (TPSA) is 57.6 Å². The molecular formula is C33H43F6NO3S.